The molecule has 1 aliphatic rings. The molecule has 0 saturated heterocycles. The Morgan fingerprint density at radius 2 is 0.885 bits per heavy atom. The van der Waals surface area contributed by atoms with Crippen LogP contribution in [0.1, 0.15) is 132 Å². The summed E-state index contributed by atoms with van der Waals surface area (Å²) < 4.78 is 4.65. The molecule has 7 heteroatoms. The van der Waals surface area contributed by atoms with Crippen LogP contribution in [0.2, 0.25) is 0 Å². The molecule has 6 aromatic rings. The van der Waals surface area contributed by atoms with Crippen molar-refractivity contribution in [2.75, 3.05) is 6.67 Å². The van der Waals surface area contributed by atoms with E-state index in [1.165, 1.54) is 27.9 Å². The smallest absolute Gasteiger partial charge is 0.135 e. The summed E-state index contributed by atoms with van der Waals surface area (Å²) in [7, 11) is 0. The minimum Gasteiger partial charge on any atom is -0.265 e. The minimum atomic E-state index is 0.296. The quantitative estimate of drug-likeness (QED) is 0.173. The molecule has 7 nitrogen and oxygen atoms in total. The zero-order chi connectivity index (χ0) is 45.3. The van der Waals surface area contributed by atoms with Gasteiger partial charge in [0.15, 0.2) is 0 Å². The second kappa shape index (κ2) is 22.7. The Kier molecular flexibility index (Phi) is 18.7. The summed E-state index contributed by atoms with van der Waals surface area (Å²) in [6.07, 6.45) is 11.0. The van der Waals surface area contributed by atoms with E-state index >= 15 is 0 Å². The minimum absolute atomic E-state index is 0.296. The van der Waals surface area contributed by atoms with E-state index in [1.807, 2.05) is 42.9 Å². The summed E-state index contributed by atoms with van der Waals surface area (Å²) >= 11 is 0. The largest absolute Gasteiger partial charge is 0.265 e. The molecule has 0 unspecified atom stereocenters. The van der Waals surface area contributed by atoms with Gasteiger partial charge in [-0.25, -0.2) is 4.63 Å². The third-order valence-corrected chi connectivity index (χ3v) is 8.81. The summed E-state index contributed by atoms with van der Waals surface area (Å²) in [6, 6.07) is 33.3. The lowest BCUT2D eigenvalue weighted by Gasteiger charge is -2.17. The fourth-order valence-electron chi connectivity index (χ4n) is 6.66. The maximum absolute atomic E-state index is 4.65. The number of aromatic nitrogens is 4. The van der Waals surface area contributed by atoms with E-state index in [0.717, 1.165) is 53.9 Å². The first-order chi connectivity index (χ1) is 28.3. The molecule has 3 aromatic heterocycles. The Morgan fingerprint density at radius 1 is 0.410 bits per heavy atom. The molecular weight excluding hydrogens is 749 g/mol. The molecule has 0 N–H and O–H groups in total. The Hall–Kier alpha value is -5.04. The van der Waals surface area contributed by atoms with Crippen LogP contribution in [0.15, 0.2) is 130 Å². The van der Waals surface area contributed by atoms with Crippen LogP contribution in [-0.2, 0) is 32.1 Å². The molecular formula is C54H76N6O. The summed E-state index contributed by atoms with van der Waals surface area (Å²) in [5, 5.41) is 9.70. The molecule has 4 heterocycles. The third-order valence-electron chi connectivity index (χ3n) is 8.81. The van der Waals surface area contributed by atoms with Gasteiger partial charge in [-0.15, -0.1) is 0 Å². The van der Waals surface area contributed by atoms with Crippen molar-refractivity contribution < 1.29 is 4.63 Å². The van der Waals surface area contributed by atoms with Crippen molar-refractivity contribution in [1.82, 2.24) is 20.3 Å². The lowest BCUT2D eigenvalue weighted by atomic mass is 9.88. The molecule has 1 aliphatic heterocycles. The van der Waals surface area contributed by atoms with Crippen LogP contribution in [0.4, 0.5) is 0 Å². The molecule has 0 atom stereocenters. The van der Waals surface area contributed by atoms with Gasteiger partial charge in [-0.2, -0.15) is 0 Å². The maximum Gasteiger partial charge on any atom is 0.135 e. The first-order valence-corrected chi connectivity index (χ1v) is 21.8. The van der Waals surface area contributed by atoms with Crippen molar-refractivity contribution in [3.05, 3.63) is 154 Å². The van der Waals surface area contributed by atoms with Crippen molar-refractivity contribution >= 4 is 11.0 Å². The molecule has 61 heavy (non-hydrogen) atoms. The van der Waals surface area contributed by atoms with Gasteiger partial charge in [-0.05, 0) is 140 Å². The van der Waals surface area contributed by atoms with Gasteiger partial charge < -0.3 is 0 Å². The monoisotopic (exact) mass is 825 g/mol. The molecule has 0 aliphatic carbocycles. The van der Waals surface area contributed by atoms with E-state index in [9.17, 15) is 0 Å². The fourth-order valence-corrected chi connectivity index (χ4v) is 6.66. The molecule has 328 valence electrons. The highest BCUT2D eigenvalue weighted by molar-refractivity contribution is 5.73. The van der Waals surface area contributed by atoms with Crippen LogP contribution in [0.3, 0.4) is 0 Å². The number of hydrogen-bond acceptors (Lipinski definition) is 7. The van der Waals surface area contributed by atoms with E-state index in [2.05, 4.69) is 212 Å². The highest BCUT2D eigenvalue weighted by atomic mass is 16.6. The van der Waals surface area contributed by atoms with Gasteiger partial charge in [0.2, 0.25) is 0 Å². The standard InChI is InChI=1S/C12H16N2.C11H14N2O.C11H16.2C10H15N/c1-12(2,3)7-9-4-5-10-11(6-9)14-8-13-10;1-11(2,3)7-8-4-5-9-10(6-8)13-14-12-9;1-11(2,3)9-10-7-5-4-6-8-10;1-10(2,3)8-9-4-6-11-7-5-9;1-10(2,3)8-9-6-4-5-7-11-9/h4-6H,7-8H2,1-3H3;4-6H,7H2,1-3H3;4-8H,9H2,1-3H3;2*4-7H,8H2,1-3H3. The Bertz CT molecular complexity index is 2140. The predicted octanol–water partition coefficient (Wildman–Crippen LogP) is 12.9. The first-order valence-electron chi connectivity index (χ1n) is 21.8. The van der Waals surface area contributed by atoms with E-state index < -0.39 is 0 Å². The summed E-state index contributed by atoms with van der Waals surface area (Å²) in [5.74, 6) is 0. The maximum atomic E-state index is 4.65. The van der Waals surface area contributed by atoms with E-state index in [1.54, 1.807) is 0 Å². The van der Waals surface area contributed by atoms with Crippen LogP contribution in [0.25, 0.3) is 11.0 Å². The molecule has 0 amide bonds. The van der Waals surface area contributed by atoms with Crippen molar-refractivity contribution in [3.8, 4) is 0 Å². The van der Waals surface area contributed by atoms with Gasteiger partial charge in [0.05, 0.1) is 10.7 Å². The number of benzene rings is 3. The van der Waals surface area contributed by atoms with E-state index in [-0.39, 0.29) is 0 Å². The van der Waals surface area contributed by atoms with Crippen molar-refractivity contribution in [2.24, 2.45) is 37.1 Å². The molecule has 0 radical (unpaired) electrons. The lowest BCUT2D eigenvalue weighted by molar-refractivity contribution is 0.315. The number of fused-ring (bicyclic) bond motifs is 2. The highest BCUT2D eigenvalue weighted by Gasteiger charge is 2.14. The summed E-state index contributed by atoms with van der Waals surface area (Å²) in [5.41, 5.74) is 10.0. The Labute approximate surface area is 368 Å². The summed E-state index contributed by atoms with van der Waals surface area (Å²) in [4.78, 5) is 16.8. The first kappa shape index (κ1) is 50.3. The van der Waals surface area contributed by atoms with Gasteiger partial charge in [0.1, 0.15) is 17.7 Å². The second-order valence-electron chi connectivity index (χ2n) is 22.2. The SMILES string of the molecule is CC(C)(C)Cc1ccc2c(c1)=NCN=2.CC(C)(C)Cc1ccc2nonc2c1.CC(C)(C)Cc1ccccc1.CC(C)(C)Cc1ccccn1.CC(C)(C)Cc1ccncc1. The number of hydrogen-bond donors (Lipinski definition) is 0. The van der Waals surface area contributed by atoms with Crippen LogP contribution >= 0.6 is 0 Å². The molecule has 0 bridgehead atoms. The van der Waals surface area contributed by atoms with Crippen molar-refractivity contribution in [2.45, 2.75) is 136 Å². The van der Waals surface area contributed by atoms with Crippen molar-refractivity contribution in [3.63, 3.8) is 0 Å². The zero-order valence-electron chi connectivity index (χ0n) is 40.3. The zero-order valence-corrected chi connectivity index (χ0v) is 40.3. The van der Waals surface area contributed by atoms with Gasteiger partial charge in [0.25, 0.3) is 0 Å². The van der Waals surface area contributed by atoms with Crippen LogP contribution in [0, 0.1) is 27.1 Å². The third kappa shape index (κ3) is 22.9. The van der Waals surface area contributed by atoms with Gasteiger partial charge in [-0.1, -0.05) is 152 Å². The Morgan fingerprint density at radius 3 is 1.43 bits per heavy atom. The number of pyridine rings is 2. The number of nitrogens with zero attached hydrogens (tertiary/aromatic N) is 6. The van der Waals surface area contributed by atoms with E-state index in [4.69, 9.17) is 0 Å². The molecule has 0 saturated carbocycles. The normalized spacial score (nSPS) is 12.4. The van der Waals surface area contributed by atoms with Gasteiger partial charge >= 0.3 is 0 Å². The van der Waals surface area contributed by atoms with Crippen LogP contribution < -0.4 is 10.7 Å². The highest BCUT2D eigenvalue weighted by Crippen LogP contribution is 2.24. The molecule has 0 fully saturated rings. The molecule has 3 aromatic carbocycles. The van der Waals surface area contributed by atoms with Crippen LogP contribution in [0.5, 0.6) is 0 Å². The number of rotatable bonds is 5. The Balaban J connectivity index is 0.000000204. The summed E-state index contributed by atoms with van der Waals surface area (Å²) in [6.45, 7) is 34.2. The van der Waals surface area contributed by atoms with E-state index in [0.29, 0.717) is 33.7 Å². The average Bonchev–Trinajstić information content (AvgIpc) is 3.80. The lowest BCUT2D eigenvalue weighted by Crippen LogP contribution is -2.23. The fraction of sp³-hybridized carbons (Fsp3) is 0.481. The topological polar surface area (TPSA) is 89.4 Å². The molecule has 0 spiro atoms. The van der Waals surface area contributed by atoms with Gasteiger partial charge in [-0.3, -0.25) is 20.0 Å². The second-order valence-corrected chi connectivity index (χ2v) is 22.2. The predicted molar refractivity (Wildman–Crippen MR) is 256 cm³/mol. The van der Waals surface area contributed by atoms with Crippen molar-refractivity contribution in [1.29, 1.82) is 0 Å². The van der Waals surface area contributed by atoms with Crippen LogP contribution in [-0.4, -0.2) is 26.9 Å². The van der Waals surface area contributed by atoms with Gasteiger partial charge in [0, 0.05) is 24.3 Å². The molecule has 7 rings (SSSR count). The average molecular weight is 825 g/mol.